The van der Waals surface area contributed by atoms with Crippen molar-refractivity contribution < 1.29 is 13.5 Å². The Morgan fingerprint density at radius 1 is 1.24 bits per heavy atom. The Bertz CT molecular complexity index is 926. The average molecular weight is 366 g/mol. The first-order chi connectivity index (χ1) is 12.1. The smallest absolute Gasteiger partial charge is 0.226 e. The van der Waals surface area contributed by atoms with Crippen LogP contribution in [0.25, 0.3) is 11.2 Å². The molecule has 3 heterocycles. The van der Waals surface area contributed by atoms with Gasteiger partial charge < -0.3 is 10.1 Å². The van der Waals surface area contributed by atoms with Crippen LogP contribution in [0.4, 0.5) is 20.3 Å². The first kappa shape index (κ1) is 16.2. The van der Waals surface area contributed by atoms with Crippen LogP contribution in [0, 0.1) is 11.6 Å². The third kappa shape index (κ3) is 3.14. The summed E-state index contributed by atoms with van der Waals surface area (Å²) >= 11 is 6.02. The summed E-state index contributed by atoms with van der Waals surface area (Å²) < 4.78 is 34.5. The SMILES string of the molecule is Fc1ccc(Nc2nc(Cl)nc3c2ncn3C2CCCCO2)c(F)c1. The van der Waals surface area contributed by atoms with Gasteiger partial charge in [0, 0.05) is 12.7 Å². The Hall–Kier alpha value is -2.32. The lowest BCUT2D eigenvalue weighted by Crippen LogP contribution is -2.17. The Kier molecular flexibility index (Phi) is 4.22. The number of halogens is 3. The fraction of sp³-hybridized carbons (Fsp3) is 0.312. The van der Waals surface area contributed by atoms with Crippen LogP contribution in [0.15, 0.2) is 24.5 Å². The van der Waals surface area contributed by atoms with Gasteiger partial charge in [-0.3, -0.25) is 4.57 Å². The number of benzene rings is 1. The third-order valence-electron chi connectivity index (χ3n) is 4.04. The van der Waals surface area contributed by atoms with Gasteiger partial charge in [0.1, 0.15) is 17.9 Å². The quantitative estimate of drug-likeness (QED) is 0.705. The number of anilines is 2. The van der Waals surface area contributed by atoms with Gasteiger partial charge in [0.2, 0.25) is 5.28 Å². The molecule has 1 fully saturated rings. The lowest BCUT2D eigenvalue weighted by Gasteiger charge is -2.23. The van der Waals surface area contributed by atoms with E-state index in [1.54, 1.807) is 10.9 Å². The second-order valence-electron chi connectivity index (χ2n) is 5.74. The van der Waals surface area contributed by atoms with Gasteiger partial charge in [0.05, 0.1) is 12.0 Å². The average Bonchev–Trinajstić information content (AvgIpc) is 3.02. The van der Waals surface area contributed by atoms with Crippen LogP contribution < -0.4 is 5.32 Å². The number of ether oxygens (including phenoxy) is 1. The topological polar surface area (TPSA) is 64.9 Å². The molecule has 1 atom stereocenters. The highest BCUT2D eigenvalue weighted by molar-refractivity contribution is 6.28. The van der Waals surface area contributed by atoms with Crippen LogP contribution in [0.5, 0.6) is 0 Å². The number of imidazole rings is 1. The number of hydrogen-bond donors (Lipinski definition) is 1. The summed E-state index contributed by atoms with van der Waals surface area (Å²) in [5, 5.41) is 2.80. The molecule has 2 aromatic heterocycles. The van der Waals surface area contributed by atoms with Crippen LogP contribution in [0.1, 0.15) is 25.5 Å². The second kappa shape index (κ2) is 6.53. The van der Waals surface area contributed by atoms with Gasteiger partial charge in [0.25, 0.3) is 0 Å². The second-order valence-corrected chi connectivity index (χ2v) is 6.07. The van der Waals surface area contributed by atoms with Crippen molar-refractivity contribution in [2.24, 2.45) is 0 Å². The summed E-state index contributed by atoms with van der Waals surface area (Å²) in [6.07, 6.45) is 4.37. The summed E-state index contributed by atoms with van der Waals surface area (Å²) in [5.41, 5.74) is 1.00. The minimum Gasteiger partial charge on any atom is -0.358 e. The predicted molar refractivity (Wildman–Crippen MR) is 88.8 cm³/mol. The first-order valence-corrected chi connectivity index (χ1v) is 8.23. The van der Waals surface area contributed by atoms with Gasteiger partial charge in [0.15, 0.2) is 17.0 Å². The van der Waals surface area contributed by atoms with E-state index in [1.807, 2.05) is 0 Å². The number of nitrogens with zero attached hydrogens (tertiary/aromatic N) is 4. The molecule has 3 aromatic rings. The van der Waals surface area contributed by atoms with Crippen molar-refractivity contribution in [3.05, 3.63) is 41.4 Å². The maximum Gasteiger partial charge on any atom is 0.226 e. The van der Waals surface area contributed by atoms with Crippen LogP contribution in [0.3, 0.4) is 0 Å². The van der Waals surface area contributed by atoms with Crippen LogP contribution >= 0.6 is 11.6 Å². The molecule has 9 heteroatoms. The van der Waals surface area contributed by atoms with E-state index < -0.39 is 11.6 Å². The summed E-state index contributed by atoms with van der Waals surface area (Å²) in [7, 11) is 0. The van der Waals surface area contributed by atoms with Crippen molar-refractivity contribution in [1.82, 2.24) is 19.5 Å². The first-order valence-electron chi connectivity index (χ1n) is 7.85. The van der Waals surface area contributed by atoms with Crippen LogP contribution in [0.2, 0.25) is 5.28 Å². The maximum atomic E-state index is 13.9. The van der Waals surface area contributed by atoms with E-state index in [0.29, 0.717) is 17.8 Å². The van der Waals surface area contributed by atoms with Crippen molar-refractivity contribution in [3.63, 3.8) is 0 Å². The Morgan fingerprint density at radius 2 is 2.12 bits per heavy atom. The highest BCUT2D eigenvalue weighted by Gasteiger charge is 2.21. The Morgan fingerprint density at radius 3 is 2.88 bits per heavy atom. The molecule has 130 valence electrons. The molecular weight excluding hydrogens is 352 g/mol. The van der Waals surface area contributed by atoms with Gasteiger partial charge in [-0.15, -0.1) is 0 Å². The molecule has 4 rings (SSSR count). The van der Waals surface area contributed by atoms with Crippen molar-refractivity contribution in [2.75, 3.05) is 11.9 Å². The van der Waals surface area contributed by atoms with Gasteiger partial charge in [-0.1, -0.05) is 0 Å². The van der Waals surface area contributed by atoms with E-state index in [2.05, 4.69) is 20.3 Å². The number of hydrogen-bond acceptors (Lipinski definition) is 5. The van der Waals surface area contributed by atoms with Crippen molar-refractivity contribution >= 4 is 34.3 Å². The summed E-state index contributed by atoms with van der Waals surface area (Å²) in [6.45, 7) is 0.676. The van der Waals surface area contributed by atoms with Crippen molar-refractivity contribution in [2.45, 2.75) is 25.5 Å². The van der Waals surface area contributed by atoms with E-state index in [-0.39, 0.29) is 23.0 Å². The standard InChI is InChI=1S/C16H14ClF2N5O/c17-16-22-14(21-11-5-4-9(18)7-10(11)19)13-15(23-16)24(8-20-13)12-3-1-2-6-25-12/h4-5,7-8,12H,1-3,6H2,(H,21,22,23). The molecule has 0 saturated carbocycles. The Balaban J connectivity index is 1.75. The van der Waals surface area contributed by atoms with Gasteiger partial charge in [-0.2, -0.15) is 9.97 Å². The van der Waals surface area contributed by atoms with Crippen LogP contribution in [-0.4, -0.2) is 26.1 Å². The number of rotatable bonds is 3. The highest BCUT2D eigenvalue weighted by Crippen LogP contribution is 2.30. The summed E-state index contributed by atoms with van der Waals surface area (Å²) in [5.74, 6) is -1.15. The number of nitrogens with one attached hydrogen (secondary N) is 1. The molecule has 6 nitrogen and oxygen atoms in total. The lowest BCUT2D eigenvalue weighted by atomic mass is 10.2. The zero-order chi connectivity index (χ0) is 17.4. The van der Waals surface area contributed by atoms with Gasteiger partial charge in [-0.25, -0.2) is 13.8 Å². The zero-order valence-corrected chi connectivity index (χ0v) is 13.8. The number of fused-ring (bicyclic) bond motifs is 1. The predicted octanol–water partition coefficient (Wildman–Crippen LogP) is 4.20. The minimum atomic E-state index is -0.738. The molecule has 1 aromatic carbocycles. The van der Waals surface area contributed by atoms with E-state index in [4.69, 9.17) is 16.3 Å². The molecule has 0 spiro atoms. The maximum absolute atomic E-state index is 13.9. The van der Waals surface area contributed by atoms with Crippen molar-refractivity contribution in [1.29, 1.82) is 0 Å². The third-order valence-corrected chi connectivity index (χ3v) is 4.21. The van der Waals surface area contributed by atoms with Gasteiger partial charge >= 0.3 is 0 Å². The molecule has 0 radical (unpaired) electrons. The number of aromatic nitrogens is 4. The zero-order valence-electron chi connectivity index (χ0n) is 13.0. The summed E-state index contributed by atoms with van der Waals surface area (Å²) in [4.78, 5) is 12.6. The monoisotopic (exact) mass is 365 g/mol. The highest BCUT2D eigenvalue weighted by atomic mass is 35.5. The Labute approximate surface area is 146 Å². The lowest BCUT2D eigenvalue weighted by molar-refractivity contribution is -0.0298. The molecule has 1 unspecified atom stereocenters. The van der Waals surface area contributed by atoms with Crippen molar-refractivity contribution in [3.8, 4) is 0 Å². The molecule has 1 N–H and O–H groups in total. The van der Waals surface area contributed by atoms with Crippen LogP contribution in [-0.2, 0) is 4.74 Å². The normalized spacial score (nSPS) is 17.8. The molecule has 0 aliphatic carbocycles. The molecule has 1 aliphatic rings. The largest absolute Gasteiger partial charge is 0.358 e. The van der Waals surface area contributed by atoms with E-state index in [0.717, 1.165) is 31.4 Å². The van der Waals surface area contributed by atoms with E-state index >= 15 is 0 Å². The minimum absolute atomic E-state index is 0.00456. The molecule has 1 saturated heterocycles. The van der Waals surface area contributed by atoms with Gasteiger partial charge in [-0.05, 0) is 43.0 Å². The molecule has 0 bridgehead atoms. The van der Waals surface area contributed by atoms with E-state index in [1.165, 1.54) is 6.07 Å². The fourth-order valence-corrected chi connectivity index (χ4v) is 3.01. The molecular formula is C16H14ClF2N5O. The molecule has 25 heavy (non-hydrogen) atoms. The molecule has 1 aliphatic heterocycles. The van der Waals surface area contributed by atoms with E-state index in [9.17, 15) is 8.78 Å². The molecule has 0 amide bonds. The fourth-order valence-electron chi connectivity index (χ4n) is 2.85. The summed E-state index contributed by atoms with van der Waals surface area (Å²) in [6, 6.07) is 3.23.